The van der Waals surface area contributed by atoms with Crippen LogP contribution in [0.2, 0.25) is 0 Å². The van der Waals surface area contributed by atoms with Crippen molar-refractivity contribution in [3.63, 3.8) is 0 Å². The molecule has 0 atom stereocenters. The van der Waals surface area contributed by atoms with E-state index in [2.05, 4.69) is 0 Å². The second-order valence-electron chi connectivity index (χ2n) is 4.01. The molecule has 0 amide bonds. The van der Waals surface area contributed by atoms with E-state index in [-0.39, 0.29) is 0 Å². The monoisotopic (exact) mass is 189 g/mol. The van der Waals surface area contributed by atoms with Gasteiger partial charge in [0.05, 0.1) is 6.26 Å². The maximum atomic E-state index is 11.3. The zero-order valence-electron chi connectivity index (χ0n) is 7.36. The van der Waals surface area contributed by atoms with Gasteiger partial charge in [-0.1, -0.05) is 0 Å². The van der Waals surface area contributed by atoms with E-state index in [9.17, 15) is 8.42 Å². The smallest absolute Gasteiger partial charge is 0.211 e. The van der Waals surface area contributed by atoms with Gasteiger partial charge < -0.3 is 0 Å². The van der Waals surface area contributed by atoms with Crippen molar-refractivity contribution in [1.29, 1.82) is 0 Å². The first-order valence-electron chi connectivity index (χ1n) is 4.54. The Hall–Kier alpha value is -0.0900. The lowest BCUT2D eigenvalue weighted by atomic mass is 10.4. The zero-order valence-corrected chi connectivity index (χ0v) is 8.18. The molecule has 0 aromatic rings. The topological polar surface area (TPSA) is 37.4 Å². The SMILES string of the molecule is CS(=O)(=O)N(CC1CC1)C1CC1. The minimum absolute atomic E-state index is 0.348. The summed E-state index contributed by atoms with van der Waals surface area (Å²) in [5.41, 5.74) is 0. The van der Waals surface area contributed by atoms with Gasteiger partial charge in [0.15, 0.2) is 0 Å². The number of rotatable bonds is 4. The van der Waals surface area contributed by atoms with E-state index in [0.717, 1.165) is 19.4 Å². The van der Waals surface area contributed by atoms with Crippen molar-refractivity contribution in [3.05, 3.63) is 0 Å². The summed E-state index contributed by atoms with van der Waals surface area (Å²) in [6.07, 6.45) is 5.91. The lowest BCUT2D eigenvalue weighted by Crippen LogP contribution is -2.33. The van der Waals surface area contributed by atoms with E-state index in [1.54, 1.807) is 4.31 Å². The van der Waals surface area contributed by atoms with Gasteiger partial charge in [0, 0.05) is 12.6 Å². The molecular formula is C8H15NO2S. The van der Waals surface area contributed by atoms with E-state index < -0.39 is 10.0 Å². The highest BCUT2D eigenvalue weighted by Crippen LogP contribution is 2.35. The van der Waals surface area contributed by atoms with Crippen LogP contribution in [0.5, 0.6) is 0 Å². The fourth-order valence-corrected chi connectivity index (χ4v) is 2.71. The minimum Gasteiger partial charge on any atom is -0.212 e. The molecular weight excluding hydrogens is 174 g/mol. The van der Waals surface area contributed by atoms with Gasteiger partial charge in [-0.25, -0.2) is 8.42 Å². The van der Waals surface area contributed by atoms with Crippen LogP contribution < -0.4 is 0 Å². The van der Waals surface area contributed by atoms with Gasteiger partial charge in [-0.15, -0.1) is 0 Å². The van der Waals surface area contributed by atoms with Gasteiger partial charge in [-0.2, -0.15) is 4.31 Å². The lowest BCUT2D eigenvalue weighted by Gasteiger charge is -2.18. The van der Waals surface area contributed by atoms with Crippen LogP contribution in [0.3, 0.4) is 0 Å². The molecule has 70 valence electrons. The number of nitrogens with zero attached hydrogens (tertiary/aromatic N) is 1. The molecule has 12 heavy (non-hydrogen) atoms. The Morgan fingerprint density at radius 3 is 2.17 bits per heavy atom. The minimum atomic E-state index is -2.92. The summed E-state index contributed by atoms with van der Waals surface area (Å²) in [5.74, 6) is 0.667. The highest BCUT2D eigenvalue weighted by molar-refractivity contribution is 7.88. The molecule has 0 unspecified atom stereocenters. The maximum absolute atomic E-state index is 11.3. The van der Waals surface area contributed by atoms with Crippen molar-refractivity contribution < 1.29 is 8.42 Å². The molecule has 3 nitrogen and oxygen atoms in total. The second-order valence-corrected chi connectivity index (χ2v) is 5.94. The van der Waals surface area contributed by atoms with Crippen LogP contribution >= 0.6 is 0 Å². The van der Waals surface area contributed by atoms with Crippen molar-refractivity contribution in [3.8, 4) is 0 Å². The average molecular weight is 189 g/mol. The first kappa shape index (κ1) is 8.51. The first-order valence-corrected chi connectivity index (χ1v) is 6.39. The standard InChI is InChI=1S/C8H15NO2S/c1-12(10,11)9(8-4-5-8)6-7-2-3-7/h7-8H,2-6H2,1H3. The molecule has 2 rings (SSSR count). The van der Waals surface area contributed by atoms with E-state index in [0.29, 0.717) is 12.0 Å². The fraction of sp³-hybridized carbons (Fsp3) is 1.00. The van der Waals surface area contributed by atoms with Gasteiger partial charge in [-0.3, -0.25) is 0 Å². The predicted molar refractivity (Wildman–Crippen MR) is 47.3 cm³/mol. The lowest BCUT2D eigenvalue weighted by molar-refractivity contribution is 0.392. The van der Waals surface area contributed by atoms with Crippen LogP contribution in [0.4, 0.5) is 0 Å². The summed E-state index contributed by atoms with van der Waals surface area (Å²) in [6.45, 7) is 0.781. The third-order valence-corrected chi connectivity index (χ3v) is 3.81. The number of hydrogen-bond donors (Lipinski definition) is 0. The first-order chi connectivity index (χ1) is 5.57. The highest BCUT2D eigenvalue weighted by Gasteiger charge is 2.38. The molecule has 2 aliphatic rings. The molecule has 0 aromatic carbocycles. The van der Waals surface area contributed by atoms with Gasteiger partial charge in [-0.05, 0) is 31.6 Å². The van der Waals surface area contributed by atoms with Crippen LogP contribution in [0.1, 0.15) is 25.7 Å². The highest BCUT2D eigenvalue weighted by atomic mass is 32.2. The number of sulfonamides is 1. The van der Waals surface area contributed by atoms with E-state index in [4.69, 9.17) is 0 Å². The zero-order chi connectivity index (χ0) is 8.77. The van der Waals surface area contributed by atoms with Gasteiger partial charge >= 0.3 is 0 Å². The molecule has 0 N–H and O–H groups in total. The van der Waals surface area contributed by atoms with E-state index in [1.165, 1.54) is 19.1 Å². The second kappa shape index (κ2) is 2.70. The molecule has 0 spiro atoms. The molecule has 0 aliphatic heterocycles. The summed E-state index contributed by atoms with van der Waals surface area (Å²) in [5, 5.41) is 0. The van der Waals surface area contributed by atoms with Crippen molar-refractivity contribution >= 4 is 10.0 Å². The molecule has 0 aromatic heterocycles. The van der Waals surface area contributed by atoms with Gasteiger partial charge in [0.1, 0.15) is 0 Å². The van der Waals surface area contributed by atoms with Crippen LogP contribution in [-0.2, 0) is 10.0 Å². The number of hydrogen-bond acceptors (Lipinski definition) is 2. The summed E-state index contributed by atoms with van der Waals surface area (Å²) in [7, 11) is -2.92. The molecule has 2 aliphatic carbocycles. The van der Waals surface area contributed by atoms with Crippen molar-refractivity contribution in [2.24, 2.45) is 5.92 Å². The third-order valence-electron chi connectivity index (χ3n) is 2.52. The molecule has 2 fully saturated rings. The van der Waals surface area contributed by atoms with Crippen LogP contribution in [0.15, 0.2) is 0 Å². The summed E-state index contributed by atoms with van der Waals surface area (Å²) in [4.78, 5) is 0. The van der Waals surface area contributed by atoms with Gasteiger partial charge in [0.2, 0.25) is 10.0 Å². The molecule has 2 saturated carbocycles. The third kappa shape index (κ3) is 1.98. The van der Waals surface area contributed by atoms with Crippen molar-refractivity contribution in [2.75, 3.05) is 12.8 Å². The Morgan fingerprint density at radius 1 is 1.25 bits per heavy atom. The normalized spacial score (nSPS) is 24.8. The predicted octanol–water partition coefficient (Wildman–Crippen LogP) is 0.820. The Labute approximate surface area is 73.8 Å². The molecule has 0 saturated heterocycles. The Balaban J connectivity index is 2.00. The Kier molecular flexibility index (Phi) is 1.92. The van der Waals surface area contributed by atoms with Crippen LogP contribution in [0, 0.1) is 5.92 Å². The molecule has 0 heterocycles. The van der Waals surface area contributed by atoms with E-state index >= 15 is 0 Å². The fourth-order valence-electron chi connectivity index (χ4n) is 1.47. The summed E-state index contributed by atoms with van der Waals surface area (Å²) < 4.78 is 24.3. The average Bonchev–Trinajstić information content (AvgIpc) is 2.77. The molecule has 0 radical (unpaired) electrons. The summed E-state index contributed by atoms with van der Waals surface area (Å²) in [6, 6.07) is 0.348. The molecule has 0 bridgehead atoms. The Bertz CT molecular complexity index is 265. The van der Waals surface area contributed by atoms with Gasteiger partial charge in [0.25, 0.3) is 0 Å². The van der Waals surface area contributed by atoms with Crippen LogP contribution in [-0.4, -0.2) is 31.6 Å². The van der Waals surface area contributed by atoms with Crippen molar-refractivity contribution in [1.82, 2.24) is 4.31 Å². The maximum Gasteiger partial charge on any atom is 0.211 e. The van der Waals surface area contributed by atoms with Crippen molar-refractivity contribution in [2.45, 2.75) is 31.7 Å². The summed E-state index contributed by atoms with van der Waals surface area (Å²) >= 11 is 0. The Morgan fingerprint density at radius 2 is 1.83 bits per heavy atom. The quantitative estimate of drug-likeness (QED) is 0.656. The van der Waals surface area contributed by atoms with Crippen LogP contribution in [0.25, 0.3) is 0 Å². The largest absolute Gasteiger partial charge is 0.212 e. The van der Waals surface area contributed by atoms with E-state index in [1.807, 2.05) is 0 Å². The molecule has 4 heteroatoms.